The summed E-state index contributed by atoms with van der Waals surface area (Å²) in [5.41, 5.74) is 0.464. The number of rotatable bonds is 6. The van der Waals surface area contributed by atoms with E-state index < -0.39 is 5.97 Å². The van der Waals surface area contributed by atoms with E-state index >= 15 is 0 Å². The molecule has 5 nitrogen and oxygen atoms in total. The molecule has 0 aromatic heterocycles. The first-order valence-corrected chi connectivity index (χ1v) is 7.28. The van der Waals surface area contributed by atoms with Crippen molar-refractivity contribution in [2.24, 2.45) is 0 Å². The molecular formula is C16H21NO4. The summed E-state index contributed by atoms with van der Waals surface area (Å²) in [6.07, 6.45) is 4.08. The fourth-order valence-corrected chi connectivity index (χ4v) is 2.64. The molecule has 114 valence electrons. The second kappa shape index (κ2) is 7.22. The average molecular weight is 291 g/mol. The number of carboxylic acids is 1. The average Bonchev–Trinajstić information content (AvgIpc) is 2.52. The van der Waals surface area contributed by atoms with Crippen molar-refractivity contribution in [3.8, 4) is 5.75 Å². The standard InChI is InChI=1S/C16H21NO4/c1-21-15-6-5-12(11-13(15)16(19)20)14(18)7-10-17-8-3-2-4-9-17/h5-6,11H,2-4,7-10H2,1H3,(H,19,20). The second-order valence-corrected chi connectivity index (χ2v) is 5.30. The maximum atomic E-state index is 12.2. The predicted octanol–water partition coefficient (Wildman–Crippen LogP) is 2.45. The molecule has 0 bridgehead atoms. The van der Waals surface area contributed by atoms with Gasteiger partial charge in [-0.05, 0) is 44.1 Å². The van der Waals surface area contributed by atoms with E-state index in [0.717, 1.165) is 19.6 Å². The molecule has 1 aliphatic rings. The molecule has 1 fully saturated rings. The van der Waals surface area contributed by atoms with Gasteiger partial charge in [0.2, 0.25) is 0 Å². The maximum Gasteiger partial charge on any atom is 0.339 e. The summed E-state index contributed by atoms with van der Waals surface area (Å²) in [5.74, 6) is -0.835. The fourth-order valence-electron chi connectivity index (χ4n) is 2.64. The smallest absolute Gasteiger partial charge is 0.339 e. The van der Waals surface area contributed by atoms with E-state index in [1.54, 1.807) is 6.07 Å². The molecule has 1 aromatic rings. The van der Waals surface area contributed by atoms with Crippen LogP contribution in [0.5, 0.6) is 5.75 Å². The van der Waals surface area contributed by atoms with Gasteiger partial charge in [0.15, 0.2) is 5.78 Å². The van der Waals surface area contributed by atoms with Crippen LogP contribution in [-0.2, 0) is 0 Å². The first-order chi connectivity index (χ1) is 10.1. The van der Waals surface area contributed by atoms with E-state index in [2.05, 4.69) is 4.90 Å². The molecule has 0 radical (unpaired) electrons. The van der Waals surface area contributed by atoms with Gasteiger partial charge in [0.1, 0.15) is 11.3 Å². The van der Waals surface area contributed by atoms with Crippen molar-refractivity contribution in [1.29, 1.82) is 0 Å². The molecule has 1 aliphatic heterocycles. The monoisotopic (exact) mass is 291 g/mol. The van der Waals surface area contributed by atoms with Gasteiger partial charge in [0.25, 0.3) is 0 Å². The van der Waals surface area contributed by atoms with Crippen molar-refractivity contribution in [2.75, 3.05) is 26.7 Å². The quantitative estimate of drug-likeness (QED) is 0.815. The first-order valence-electron chi connectivity index (χ1n) is 7.28. The van der Waals surface area contributed by atoms with E-state index in [4.69, 9.17) is 9.84 Å². The van der Waals surface area contributed by atoms with E-state index in [9.17, 15) is 9.59 Å². The summed E-state index contributed by atoms with van der Waals surface area (Å²) in [7, 11) is 1.42. The highest BCUT2D eigenvalue weighted by molar-refractivity contribution is 6.00. The number of hydrogen-bond donors (Lipinski definition) is 1. The Balaban J connectivity index is 2.01. The first kappa shape index (κ1) is 15.5. The predicted molar refractivity (Wildman–Crippen MR) is 79.2 cm³/mol. The zero-order valence-electron chi connectivity index (χ0n) is 12.3. The minimum Gasteiger partial charge on any atom is -0.496 e. The van der Waals surface area contributed by atoms with Crippen LogP contribution in [0.15, 0.2) is 18.2 Å². The van der Waals surface area contributed by atoms with Crippen molar-refractivity contribution >= 4 is 11.8 Å². The number of ketones is 1. The Morgan fingerprint density at radius 1 is 1.24 bits per heavy atom. The summed E-state index contributed by atoms with van der Waals surface area (Å²) in [6, 6.07) is 4.57. The number of carbonyl (C=O) groups excluding carboxylic acids is 1. The number of carbonyl (C=O) groups is 2. The van der Waals surface area contributed by atoms with Crippen molar-refractivity contribution in [2.45, 2.75) is 25.7 Å². The lowest BCUT2D eigenvalue weighted by molar-refractivity contribution is 0.0693. The molecule has 0 amide bonds. The summed E-state index contributed by atoms with van der Waals surface area (Å²) < 4.78 is 5.00. The highest BCUT2D eigenvalue weighted by Gasteiger charge is 2.16. The van der Waals surface area contributed by atoms with Gasteiger partial charge in [-0.2, -0.15) is 0 Å². The molecule has 0 unspecified atom stereocenters. The van der Waals surface area contributed by atoms with E-state index in [1.165, 1.54) is 38.5 Å². The lowest BCUT2D eigenvalue weighted by atomic mass is 10.0. The zero-order valence-corrected chi connectivity index (χ0v) is 12.3. The van der Waals surface area contributed by atoms with Crippen molar-refractivity contribution in [3.63, 3.8) is 0 Å². The number of piperidine rings is 1. The van der Waals surface area contributed by atoms with Gasteiger partial charge >= 0.3 is 5.97 Å². The zero-order chi connectivity index (χ0) is 15.2. The number of nitrogens with zero attached hydrogens (tertiary/aromatic N) is 1. The second-order valence-electron chi connectivity index (χ2n) is 5.30. The molecule has 1 N–H and O–H groups in total. The largest absolute Gasteiger partial charge is 0.496 e. The van der Waals surface area contributed by atoms with Crippen LogP contribution >= 0.6 is 0 Å². The summed E-state index contributed by atoms with van der Waals surface area (Å²) in [5, 5.41) is 9.14. The van der Waals surface area contributed by atoms with Gasteiger partial charge in [-0.1, -0.05) is 6.42 Å². The lowest BCUT2D eigenvalue weighted by Gasteiger charge is -2.25. The van der Waals surface area contributed by atoms with Crippen molar-refractivity contribution in [3.05, 3.63) is 29.3 Å². The molecular weight excluding hydrogens is 270 g/mol. The summed E-state index contributed by atoms with van der Waals surface area (Å²) >= 11 is 0. The van der Waals surface area contributed by atoms with E-state index in [-0.39, 0.29) is 17.1 Å². The van der Waals surface area contributed by atoms with Gasteiger partial charge in [0, 0.05) is 18.5 Å². The minimum absolute atomic E-state index is 0.0225. The van der Waals surface area contributed by atoms with Crippen molar-refractivity contribution in [1.82, 2.24) is 4.90 Å². The van der Waals surface area contributed by atoms with Crippen LogP contribution in [0.4, 0.5) is 0 Å². The normalized spacial score (nSPS) is 15.7. The topological polar surface area (TPSA) is 66.8 Å². The third-order valence-electron chi connectivity index (χ3n) is 3.86. The number of hydrogen-bond acceptors (Lipinski definition) is 4. The third kappa shape index (κ3) is 4.04. The summed E-state index contributed by atoms with van der Waals surface area (Å²) in [4.78, 5) is 25.7. The lowest BCUT2D eigenvalue weighted by Crippen LogP contribution is -2.31. The Morgan fingerprint density at radius 2 is 1.95 bits per heavy atom. The number of aromatic carboxylic acids is 1. The molecule has 1 heterocycles. The van der Waals surface area contributed by atoms with E-state index in [1.807, 2.05) is 0 Å². The highest BCUT2D eigenvalue weighted by Crippen LogP contribution is 2.21. The molecule has 1 saturated heterocycles. The van der Waals surface area contributed by atoms with Gasteiger partial charge < -0.3 is 14.7 Å². The molecule has 0 spiro atoms. The van der Waals surface area contributed by atoms with Gasteiger partial charge in [-0.15, -0.1) is 0 Å². The molecule has 0 aliphatic carbocycles. The Morgan fingerprint density at radius 3 is 2.57 bits per heavy atom. The Hall–Kier alpha value is -1.88. The van der Waals surface area contributed by atoms with Gasteiger partial charge in [-0.3, -0.25) is 4.79 Å². The van der Waals surface area contributed by atoms with Gasteiger partial charge in [-0.25, -0.2) is 4.79 Å². The Kier molecular flexibility index (Phi) is 5.33. The number of carboxylic acid groups (broad SMARTS) is 1. The number of methoxy groups -OCH3 is 1. The van der Waals surface area contributed by atoms with E-state index in [0.29, 0.717) is 12.0 Å². The molecule has 2 rings (SSSR count). The molecule has 0 saturated carbocycles. The third-order valence-corrected chi connectivity index (χ3v) is 3.86. The SMILES string of the molecule is COc1ccc(C(=O)CCN2CCCCC2)cc1C(=O)O. The van der Waals surface area contributed by atoms with Crippen LogP contribution in [0, 0.1) is 0 Å². The number of likely N-dealkylation sites (tertiary alicyclic amines) is 1. The van der Waals surface area contributed by atoms with Crippen LogP contribution in [0.3, 0.4) is 0 Å². The minimum atomic E-state index is -1.09. The fraction of sp³-hybridized carbons (Fsp3) is 0.500. The molecule has 21 heavy (non-hydrogen) atoms. The molecule has 5 heteroatoms. The Labute approximate surface area is 124 Å². The van der Waals surface area contributed by atoms with Crippen LogP contribution in [-0.4, -0.2) is 48.5 Å². The Bertz CT molecular complexity index is 521. The van der Waals surface area contributed by atoms with Crippen molar-refractivity contribution < 1.29 is 19.4 Å². The summed E-state index contributed by atoms with van der Waals surface area (Å²) in [6.45, 7) is 2.85. The van der Waals surface area contributed by atoms with Crippen LogP contribution in [0.1, 0.15) is 46.4 Å². The molecule has 1 aromatic carbocycles. The maximum absolute atomic E-state index is 12.2. The number of Topliss-reactive ketones (excluding diaryl/α,β-unsaturated/α-hetero) is 1. The van der Waals surface area contributed by atoms with Crippen LogP contribution in [0.25, 0.3) is 0 Å². The number of benzene rings is 1. The van der Waals surface area contributed by atoms with Crippen LogP contribution < -0.4 is 4.74 Å². The number of ether oxygens (including phenoxy) is 1. The highest BCUT2D eigenvalue weighted by atomic mass is 16.5. The van der Waals surface area contributed by atoms with Crippen LogP contribution in [0.2, 0.25) is 0 Å². The molecule has 0 atom stereocenters. The van der Waals surface area contributed by atoms with Gasteiger partial charge in [0.05, 0.1) is 7.11 Å².